The first-order valence-corrected chi connectivity index (χ1v) is 9.30. The lowest BCUT2D eigenvalue weighted by Gasteiger charge is -2.73. The summed E-state index contributed by atoms with van der Waals surface area (Å²) in [5.41, 5.74) is 1.29. The molecule has 116 valence electrons. The summed E-state index contributed by atoms with van der Waals surface area (Å²) in [6.07, 6.45) is 9.06. The third-order valence-electron chi connectivity index (χ3n) is 8.32. The summed E-state index contributed by atoms with van der Waals surface area (Å²) in [5.74, 6) is 5.83. The summed E-state index contributed by atoms with van der Waals surface area (Å²) in [6.45, 7) is 15.3. The Kier molecular flexibility index (Phi) is 3.54. The smallest absolute Gasteiger partial charge is 0.0184 e. The maximum Gasteiger partial charge on any atom is -0.0184 e. The highest BCUT2D eigenvalue weighted by Gasteiger charge is 2.68. The molecule has 6 atom stereocenters. The number of hydrogen-bond donors (Lipinski definition) is 0. The Balaban J connectivity index is 1.95. The lowest BCUT2D eigenvalue weighted by atomic mass is 9.31. The molecule has 0 heterocycles. The van der Waals surface area contributed by atoms with E-state index in [1.807, 2.05) is 0 Å². The van der Waals surface area contributed by atoms with Gasteiger partial charge in [-0.05, 0) is 78.4 Å². The molecular formula is C20H36. The maximum absolute atomic E-state index is 2.62. The Hall–Kier alpha value is 0. The molecule has 0 radical (unpaired) electrons. The number of hydrogen-bond acceptors (Lipinski definition) is 0. The van der Waals surface area contributed by atoms with E-state index >= 15 is 0 Å². The standard InChI is InChI=1S/C20H36/c1-13(2)17-10-7-14(3)11-18(17)20-12-16(19(20,5)6)9-8-15(20)4/h13-18H,7-12H2,1-6H3/t14?,15-,16+,17?,18-,20+/m1/s1. The molecule has 2 unspecified atom stereocenters. The Morgan fingerprint density at radius 2 is 1.65 bits per heavy atom. The molecule has 0 aliphatic heterocycles. The van der Waals surface area contributed by atoms with Crippen molar-refractivity contribution in [3.05, 3.63) is 0 Å². The van der Waals surface area contributed by atoms with Gasteiger partial charge in [0.2, 0.25) is 0 Å². The van der Waals surface area contributed by atoms with Crippen LogP contribution in [0.5, 0.6) is 0 Å². The minimum absolute atomic E-state index is 0.611. The zero-order valence-corrected chi connectivity index (χ0v) is 14.7. The SMILES string of the molecule is CC1CCC(C(C)C)[C@H]([C@]23C[C@H](CC[C@H]2C)C3(C)C)C1. The van der Waals surface area contributed by atoms with Gasteiger partial charge >= 0.3 is 0 Å². The molecule has 0 N–H and O–H groups in total. The molecule has 0 amide bonds. The van der Waals surface area contributed by atoms with Crippen LogP contribution in [-0.4, -0.2) is 0 Å². The minimum atomic E-state index is 0.611. The van der Waals surface area contributed by atoms with Gasteiger partial charge in [-0.2, -0.15) is 0 Å². The van der Waals surface area contributed by atoms with Gasteiger partial charge in [-0.3, -0.25) is 0 Å². The van der Waals surface area contributed by atoms with Crippen LogP contribution >= 0.6 is 0 Å². The van der Waals surface area contributed by atoms with E-state index in [0.717, 1.165) is 35.5 Å². The van der Waals surface area contributed by atoms with Crippen molar-refractivity contribution in [3.8, 4) is 0 Å². The summed E-state index contributed by atoms with van der Waals surface area (Å²) < 4.78 is 0. The van der Waals surface area contributed by atoms with Gasteiger partial charge in [0, 0.05) is 0 Å². The number of fused-ring (bicyclic) bond motifs is 2. The van der Waals surface area contributed by atoms with E-state index in [1.54, 1.807) is 6.42 Å². The van der Waals surface area contributed by atoms with E-state index < -0.39 is 0 Å². The first-order valence-electron chi connectivity index (χ1n) is 9.30. The number of rotatable bonds is 2. The molecule has 20 heavy (non-hydrogen) atoms. The highest BCUT2D eigenvalue weighted by Crippen LogP contribution is 2.75. The monoisotopic (exact) mass is 276 g/mol. The summed E-state index contributed by atoms with van der Waals surface area (Å²) in [4.78, 5) is 0. The Bertz CT molecular complexity index is 366. The van der Waals surface area contributed by atoms with Crippen LogP contribution in [0.2, 0.25) is 0 Å². The van der Waals surface area contributed by atoms with Gasteiger partial charge in [-0.25, -0.2) is 0 Å². The molecule has 0 spiro atoms. The van der Waals surface area contributed by atoms with Crippen LogP contribution in [0.4, 0.5) is 0 Å². The first kappa shape index (κ1) is 14.9. The van der Waals surface area contributed by atoms with Crippen LogP contribution < -0.4 is 0 Å². The topological polar surface area (TPSA) is 0 Å². The van der Waals surface area contributed by atoms with Gasteiger partial charge in [-0.15, -0.1) is 0 Å². The average Bonchev–Trinajstić information content (AvgIpc) is 2.37. The molecule has 0 nitrogen and oxygen atoms in total. The summed E-state index contributed by atoms with van der Waals surface area (Å²) >= 11 is 0. The van der Waals surface area contributed by atoms with E-state index in [2.05, 4.69) is 41.5 Å². The second-order valence-electron chi connectivity index (χ2n) is 9.57. The quantitative estimate of drug-likeness (QED) is 0.567. The lowest BCUT2D eigenvalue weighted by Crippen LogP contribution is -2.66. The minimum Gasteiger partial charge on any atom is -0.0625 e. The Labute approximate surface area is 127 Å². The summed E-state index contributed by atoms with van der Waals surface area (Å²) in [6, 6.07) is 0. The van der Waals surface area contributed by atoms with Crippen molar-refractivity contribution in [3.63, 3.8) is 0 Å². The molecule has 0 aromatic heterocycles. The van der Waals surface area contributed by atoms with Crippen LogP contribution in [0, 0.1) is 46.3 Å². The van der Waals surface area contributed by atoms with Crippen molar-refractivity contribution >= 4 is 0 Å². The van der Waals surface area contributed by atoms with Crippen molar-refractivity contribution in [2.75, 3.05) is 0 Å². The molecule has 4 saturated carbocycles. The molecule has 0 aromatic rings. The van der Waals surface area contributed by atoms with E-state index in [-0.39, 0.29) is 0 Å². The fraction of sp³-hybridized carbons (Fsp3) is 1.00. The van der Waals surface area contributed by atoms with Crippen molar-refractivity contribution in [1.29, 1.82) is 0 Å². The van der Waals surface area contributed by atoms with Gasteiger partial charge in [0.1, 0.15) is 0 Å². The highest BCUT2D eigenvalue weighted by atomic mass is 14.7. The fourth-order valence-electron chi connectivity index (χ4n) is 6.97. The zero-order chi connectivity index (χ0) is 14.7. The van der Waals surface area contributed by atoms with E-state index in [4.69, 9.17) is 0 Å². The van der Waals surface area contributed by atoms with Gasteiger partial charge < -0.3 is 0 Å². The lowest BCUT2D eigenvalue weighted by molar-refractivity contribution is -0.247. The van der Waals surface area contributed by atoms with Crippen LogP contribution in [0.15, 0.2) is 0 Å². The Morgan fingerprint density at radius 3 is 2.20 bits per heavy atom. The second kappa shape index (κ2) is 4.75. The van der Waals surface area contributed by atoms with Crippen molar-refractivity contribution in [2.24, 2.45) is 46.3 Å². The molecule has 2 bridgehead atoms. The predicted octanol–water partition coefficient (Wildman–Crippen LogP) is 6.16. The molecule has 0 heteroatoms. The Morgan fingerprint density at radius 1 is 0.950 bits per heavy atom. The normalized spacial score (nSPS) is 50.9. The summed E-state index contributed by atoms with van der Waals surface area (Å²) in [7, 11) is 0. The second-order valence-corrected chi connectivity index (χ2v) is 9.57. The fourth-order valence-corrected chi connectivity index (χ4v) is 6.97. The molecule has 0 aromatic carbocycles. The van der Waals surface area contributed by atoms with E-state index in [1.165, 1.54) is 32.1 Å². The molecule has 4 fully saturated rings. The maximum atomic E-state index is 2.62. The largest absolute Gasteiger partial charge is 0.0625 e. The highest BCUT2D eigenvalue weighted by molar-refractivity contribution is 5.16. The van der Waals surface area contributed by atoms with E-state index in [0.29, 0.717) is 10.8 Å². The zero-order valence-electron chi connectivity index (χ0n) is 14.7. The van der Waals surface area contributed by atoms with Crippen molar-refractivity contribution in [2.45, 2.75) is 80.1 Å². The van der Waals surface area contributed by atoms with Crippen LogP contribution in [0.25, 0.3) is 0 Å². The molecule has 4 aliphatic rings. The summed E-state index contributed by atoms with van der Waals surface area (Å²) in [5, 5.41) is 0. The van der Waals surface area contributed by atoms with Gasteiger partial charge in [0.25, 0.3) is 0 Å². The van der Waals surface area contributed by atoms with Gasteiger partial charge in [0.05, 0.1) is 0 Å². The molecular weight excluding hydrogens is 240 g/mol. The average molecular weight is 277 g/mol. The third kappa shape index (κ3) is 1.78. The third-order valence-corrected chi connectivity index (χ3v) is 8.32. The molecule has 4 aliphatic carbocycles. The van der Waals surface area contributed by atoms with E-state index in [9.17, 15) is 0 Å². The van der Waals surface area contributed by atoms with Crippen molar-refractivity contribution < 1.29 is 0 Å². The molecule has 0 saturated heterocycles. The predicted molar refractivity (Wildman–Crippen MR) is 87.6 cm³/mol. The van der Waals surface area contributed by atoms with Crippen LogP contribution in [0.3, 0.4) is 0 Å². The molecule has 4 rings (SSSR count). The van der Waals surface area contributed by atoms with Crippen LogP contribution in [-0.2, 0) is 0 Å². The first-order chi connectivity index (χ1) is 9.30. The van der Waals surface area contributed by atoms with Gasteiger partial charge in [0.15, 0.2) is 0 Å². The van der Waals surface area contributed by atoms with Gasteiger partial charge in [-0.1, -0.05) is 48.0 Å². The van der Waals surface area contributed by atoms with Crippen molar-refractivity contribution in [1.82, 2.24) is 0 Å². The van der Waals surface area contributed by atoms with Crippen LogP contribution in [0.1, 0.15) is 80.1 Å².